The Hall–Kier alpha value is 1.61. The number of ether oxygens (including phenoxy) is 1. The number of esters is 1. The Morgan fingerprint density at radius 1 is 0.933 bits per heavy atom. The van der Waals surface area contributed by atoms with Crippen molar-refractivity contribution in [1.29, 1.82) is 0 Å². The van der Waals surface area contributed by atoms with E-state index in [1.54, 1.807) is 0 Å². The molecule has 20 heteroatoms. The van der Waals surface area contributed by atoms with Crippen molar-refractivity contribution in [2.45, 2.75) is 14.4 Å². The van der Waals surface area contributed by atoms with Gasteiger partial charge in [-0.25, -0.2) is 0 Å². The molecule has 0 atom stereocenters. The SMILES string of the molecule is C.CC(=O)OC/C=C/S(F)(F)(F)(F)F.O=CO[O-].OC/C=C/S(F)(F)(F)(F)F.[H-].[K+].[K+]. The monoisotopic (exact) mass is 566 g/mol. The zero-order valence-electron chi connectivity index (χ0n) is 15.9. The molecule has 0 heterocycles. The second kappa shape index (κ2) is 14.1. The van der Waals surface area contributed by atoms with Gasteiger partial charge in [-0.1, -0.05) is 46.3 Å². The van der Waals surface area contributed by atoms with E-state index in [9.17, 15) is 43.7 Å². The summed E-state index contributed by atoms with van der Waals surface area (Å²) in [5.74, 6) is -0.841. The molecule has 0 rings (SSSR count). The van der Waals surface area contributed by atoms with Gasteiger partial charge in [0.25, 0.3) is 6.47 Å². The summed E-state index contributed by atoms with van der Waals surface area (Å²) < 4.78 is 118. The first-order valence-corrected chi connectivity index (χ1v) is 9.68. The second-order valence-electron chi connectivity index (χ2n) is 3.98. The van der Waals surface area contributed by atoms with Gasteiger partial charge in [0.2, 0.25) is 0 Å². The summed E-state index contributed by atoms with van der Waals surface area (Å²) in [7, 11) is -18.9. The molecule has 0 spiro atoms. The summed E-state index contributed by atoms with van der Waals surface area (Å²) in [4.78, 5) is 21.3. The van der Waals surface area contributed by atoms with Crippen LogP contribution in [0.4, 0.5) is 38.9 Å². The van der Waals surface area contributed by atoms with Gasteiger partial charge in [-0.15, -0.1) is 0 Å². The largest absolute Gasteiger partial charge is 1.00 e. The maximum absolute atomic E-state index is 11.5. The van der Waals surface area contributed by atoms with E-state index in [1.807, 2.05) is 0 Å². The van der Waals surface area contributed by atoms with Gasteiger partial charge in [0.05, 0.1) is 17.4 Å². The van der Waals surface area contributed by atoms with Crippen LogP contribution in [0.15, 0.2) is 23.0 Å². The Labute approximate surface area is 252 Å². The van der Waals surface area contributed by atoms with Gasteiger partial charge in [-0.05, 0) is 12.2 Å². The van der Waals surface area contributed by atoms with E-state index in [0.29, 0.717) is 0 Å². The van der Waals surface area contributed by atoms with E-state index >= 15 is 0 Å². The van der Waals surface area contributed by atoms with E-state index in [4.69, 9.17) is 15.2 Å². The van der Waals surface area contributed by atoms with Crippen LogP contribution in [0.5, 0.6) is 0 Å². The fourth-order valence-corrected chi connectivity index (χ4v) is 1.50. The molecule has 0 aliphatic rings. The van der Waals surface area contributed by atoms with Crippen molar-refractivity contribution in [3.63, 3.8) is 0 Å². The van der Waals surface area contributed by atoms with Gasteiger partial charge >= 0.3 is 129 Å². The quantitative estimate of drug-likeness (QED) is 0.115. The molecule has 0 aromatic heterocycles. The Morgan fingerprint density at radius 3 is 1.40 bits per heavy atom. The summed E-state index contributed by atoms with van der Waals surface area (Å²) >= 11 is 0. The van der Waals surface area contributed by atoms with Crippen molar-refractivity contribution in [3.8, 4) is 0 Å². The van der Waals surface area contributed by atoms with E-state index in [-0.39, 0.29) is 130 Å². The first kappa shape index (κ1) is 45.2. The van der Waals surface area contributed by atoms with E-state index in [2.05, 4.69) is 9.62 Å². The molecule has 0 saturated heterocycles. The van der Waals surface area contributed by atoms with Crippen molar-refractivity contribution >= 4 is 32.9 Å². The van der Waals surface area contributed by atoms with Crippen LogP contribution in [0, 0.1) is 0 Å². The number of carbonyl (C=O) groups excluding carboxylic acids is 2. The normalized spacial score (nSPS) is 15.4. The van der Waals surface area contributed by atoms with Crippen molar-refractivity contribution in [2.75, 3.05) is 13.2 Å². The molecule has 0 radical (unpaired) electrons. The Morgan fingerprint density at radius 2 is 1.23 bits per heavy atom. The molecule has 0 aliphatic carbocycles. The molecule has 178 valence electrons. The molecule has 0 aromatic rings. The number of halogens is 10. The third-order valence-electron chi connectivity index (χ3n) is 1.23. The molecule has 0 amide bonds. The number of carbonyl (C=O) groups is 2. The summed E-state index contributed by atoms with van der Waals surface area (Å²) in [6.07, 6.45) is 0.0184. The molecule has 6 nitrogen and oxygen atoms in total. The number of rotatable bonds is 6. The van der Waals surface area contributed by atoms with E-state index < -0.39 is 50.4 Å². The molecule has 0 bridgehead atoms. The fraction of sp³-hybridized carbons (Fsp3) is 0.400. The van der Waals surface area contributed by atoms with Crippen LogP contribution in [0.1, 0.15) is 15.8 Å². The number of hydrogen-bond donors (Lipinski definition) is 1. The van der Waals surface area contributed by atoms with Crippen molar-refractivity contribution in [2.24, 2.45) is 0 Å². The molecule has 0 aromatic carbocycles. The smallest absolute Gasteiger partial charge is 1.00 e. The van der Waals surface area contributed by atoms with Crippen molar-refractivity contribution in [3.05, 3.63) is 23.0 Å². The number of hydrogen-bond acceptors (Lipinski definition) is 6. The number of aliphatic hydroxyl groups excluding tert-OH is 1. The predicted molar refractivity (Wildman–Crippen MR) is 83.3 cm³/mol. The van der Waals surface area contributed by atoms with Gasteiger partial charge in [-0.2, -0.15) is 0 Å². The first-order valence-electron chi connectivity index (χ1n) is 5.65. The summed E-state index contributed by atoms with van der Waals surface area (Å²) in [6.45, 7) is -1.10. The standard InChI is InChI=1S/C5H7F5O2S.C3H5F5OS.CH2O3.CH4.2K.H/c1-5(11)12-3-2-4-13(6,7,8,9)10;4-10(5,6,7,8)3-1-2-9;2-1-4-3;;;;/h2,4H,3H2,1H3;1,3,9H,2H2;1,3H;1H4;;;/q;;;;2*+1;-1/p-1/b4-2+;3-1+;;;;;. The maximum atomic E-state index is 11.5. The minimum Gasteiger partial charge on any atom is -1.00 e. The minimum absolute atomic E-state index is 0. The Bertz CT molecular complexity index is 571. The average molecular weight is 567 g/mol. The van der Waals surface area contributed by atoms with Crippen LogP contribution in [-0.2, 0) is 19.2 Å². The molecule has 0 saturated carbocycles. The van der Waals surface area contributed by atoms with Crippen LogP contribution < -0.4 is 108 Å². The zero-order valence-corrected chi connectivity index (χ0v) is 22.8. The van der Waals surface area contributed by atoms with Gasteiger partial charge in [0, 0.05) is 6.92 Å². The minimum atomic E-state index is -9.49. The number of aliphatic hydroxyl groups is 1. The van der Waals surface area contributed by atoms with Crippen LogP contribution in [0.2, 0.25) is 0 Å². The third-order valence-corrected chi connectivity index (χ3v) is 2.65. The van der Waals surface area contributed by atoms with Crippen LogP contribution in [0.25, 0.3) is 0 Å². The molecule has 0 fully saturated rings. The Kier molecular flexibility index (Phi) is 21.2. The summed E-state index contributed by atoms with van der Waals surface area (Å²) in [5, 5.41) is 13.9. The van der Waals surface area contributed by atoms with Crippen LogP contribution in [0.3, 0.4) is 0 Å². The van der Waals surface area contributed by atoms with Crippen LogP contribution >= 0.6 is 20.4 Å². The predicted octanol–water partition coefficient (Wildman–Crippen LogP) is -0.656. The topological polar surface area (TPSA) is 95.9 Å². The molecule has 1 N–H and O–H groups in total. The second-order valence-corrected chi connectivity index (χ2v) is 8.64. The van der Waals surface area contributed by atoms with E-state index in [1.165, 1.54) is 0 Å². The molecule has 0 unspecified atom stereocenters. The van der Waals surface area contributed by atoms with Crippen LogP contribution in [-0.4, -0.2) is 30.8 Å². The van der Waals surface area contributed by atoms with Crippen molar-refractivity contribution < 1.29 is 173 Å². The zero-order chi connectivity index (χ0) is 22.8. The van der Waals surface area contributed by atoms with Gasteiger partial charge < -0.3 is 21.4 Å². The Balaban J connectivity index is -0.0000000579. The third kappa shape index (κ3) is 63.0. The molecular weight excluding hydrogens is 548 g/mol. The molecule has 0 aliphatic heterocycles. The molecular formula is C10H18F10K2O6S2. The maximum Gasteiger partial charge on any atom is 1.00 e. The van der Waals surface area contributed by atoms with Gasteiger partial charge in [0.1, 0.15) is 6.61 Å². The summed E-state index contributed by atoms with van der Waals surface area (Å²) in [5.41, 5.74) is 0. The first-order chi connectivity index (χ1) is 11.3. The fourth-order valence-electron chi connectivity index (χ4n) is 0.611. The average Bonchev–Trinajstić information content (AvgIpc) is 2.38. The van der Waals surface area contributed by atoms with Gasteiger partial charge in [0.15, 0.2) is 0 Å². The van der Waals surface area contributed by atoms with Crippen molar-refractivity contribution in [1.82, 2.24) is 0 Å². The van der Waals surface area contributed by atoms with Gasteiger partial charge in [-0.3, -0.25) is 9.59 Å². The summed E-state index contributed by atoms with van der Waals surface area (Å²) in [6, 6.07) is 0. The van der Waals surface area contributed by atoms with E-state index in [0.717, 1.165) is 6.92 Å². The molecule has 30 heavy (non-hydrogen) atoms.